The van der Waals surface area contributed by atoms with Gasteiger partial charge >= 0.3 is 5.63 Å². The standard InChI is InChI=1S/C23H23NO3/c1-14(25)15-6-8-16(9-7-15)19-13-21(26)27-23-18-5-3-11-24-10-2-4-17(22(18)24)12-20(19)23/h6-9,12-14,25H,2-5,10-11H2,1H3. The van der Waals surface area contributed by atoms with E-state index in [1.54, 1.807) is 13.0 Å². The monoisotopic (exact) mass is 361 g/mol. The van der Waals surface area contributed by atoms with E-state index in [4.69, 9.17) is 4.42 Å². The highest BCUT2D eigenvalue weighted by atomic mass is 16.4. The number of benzene rings is 2. The topological polar surface area (TPSA) is 53.7 Å². The quantitative estimate of drug-likeness (QED) is 0.695. The van der Waals surface area contributed by atoms with Crippen LogP contribution >= 0.6 is 0 Å². The van der Waals surface area contributed by atoms with Gasteiger partial charge in [0.2, 0.25) is 0 Å². The SMILES string of the molecule is CC(O)c1ccc(-c2cc(=O)oc3c4c5c(cc23)CCCN5CCC4)cc1. The molecule has 0 fully saturated rings. The molecule has 1 atom stereocenters. The van der Waals surface area contributed by atoms with Crippen LogP contribution in [0.15, 0.2) is 45.6 Å². The number of aliphatic hydroxyl groups excluding tert-OH is 1. The van der Waals surface area contributed by atoms with E-state index >= 15 is 0 Å². The minimum absolute atomic E-state index is 0.304. The molecular formula is C23H23NO3. The fourth-order valence-electron chi connectivity index (χ4n) is 4.65. The molecule has 138 valence electrons. The van der Waals surface area contributed by atoms with Gasteiger partial charge in [0, 0.05) is 35.8 Å². The minimum atomic E-state index is -0.501. The molecule has 4 nitrogen and oxygen atoms in total. The summed E-state index contributed by atoms with van der Waals surface area (Å²) in [6, 6.07) is 11.6. The summed E-state index contributed by atoms with van der Waals surface area (Å²) in [4.78, 5) is 14.8. The fraction of sp³-hybridized carbons (Fsp3) is 0.348. The van der Waals surface area contributed by atoms with Crippen LogP contribution in [0.2, 0.25) is 0 Å². The van der Waals surface area contributed by atoms with Gasteiger partial charge in [-0.15, -0.1) is 0 Å². The summed E-state index contributed by atoms with van der Waals surface area (Å²) in [7, 11) is 0. The van der Waals surface area contributed by atoms with Gasteiger partial charge in [-0.05, 0) is 60.9 Å². The number of anilines is 1. The number of aryl methyl sites for hydroxylation is 2. The maximum Gasteiger partial charge on any atom is 0.336 e. The molecule has 3 heterocycles. The van der Waals surface area contributed by atoms with Crippen LogP contribution in [-0.4, -0.2) is 18.2 Å². The van der Waals surface area contributed by atoms with Crippen LogP contribution in [0.1, 0.15) is 42.6 Å². The van der Waals surface area contributed by atoms with Crippen LogP contribution in [0.5, 0.6) is 0 Å². The summed E-state index contributed by atoms with van der Waals surface area (Å²) in [5.74, 6) is 0. The average molecular weight is 361 g/mol. The number of hydrogen-bond donors (Lipinski definition) is 1. The van der Waals surface area contributed by atoms with Crippen molar-refractivity contribution < 1.29 is 9.52 Å². The van der Waals surface area contributed by atoms with Gasteiger partial charge < -0.3 is 14.4 Å². The molecule has 5 rings (SSSR count). The van der Waals surface area contributed by atoms with Gasteiger partial charge in [0.05, 0.1) is 6.10 Å². The molecular weight excluding hydrogens is 338 g/mol. The predicted molar refractivity (Wildman–Crippen MR) is 107 cm³/mol. The van der Waals surface area contributed by atoms with Crippen molar-refractivity contribution in [2.45, 2.75) is 38.7 Å². The van der Waals surface area contributed by atoms with E-state index in [1.807, 2.05) is 24.3 Å². The first-order valence-corrected chi connectivity index (χ1v) is 9.78. The first kappa shape index (κ1) is 16.6. The van der Waals surface area contributed by atoms with Crippen molar-refractivity contribution >= 4 is 16.7 Å². The Kier molecular flexibility index (Phi) is 3.83. The molecule has 27 heavy (non-hydrogen) atoms. The van der Waals surface area contributed by atoms with Crippen LogP contribution in [0.25, 0.3) is 22.1 Å². The van der Waals surface area contributed by atoms with Crippen LogP contribution in [0, 0.1) is 0 Å². The molecule has 0 aliphatic carbocycles. The second-order valence-electron chi connectivity index (χ2n) is 7.71. The van der Waals surface area contributed by atoms with Crippen molar-refractivity contribution in [3.63, 3.8) is 0 Å². The molecule has 2 aromatic carbocycles. The Labute approximate surface area is 158 Å². The zero-order valence-corrected chi connectivity index (χ0v) is 15.5. The van der Waals surface area contributed by atoms with E-state index < -0.39 is 6.10 Å². The molecule has 1 N–H and O–H groups in total. The Morgan fingerprint density at radius 1 is 1.07 bits per heavy atom. The first-order chi connectivity index (χ1) is 13.1. The summed E-state index contributed by atoms with van der Waals surface area (Å²) in [6.45, 7) is 3.94. The lowest BCUT2D eigenvalue weighted by molar-refractivity contribution is 0.199. The van der Waals surface area contributed by atoms with Crippen LogP contribution in [0.3, 0.4) is 0 Å². The number of aliphatic hydroxyl groups is 1. The molecule has 0 radical (unpaired) electrons. The van der Waals surface area contributed by atoms with Gasteiger partial charge in [-0.2, -0.15) is 0 Å². The number of hydrogen-bond acceptors (Lipinski definition) is 4. The molecule has 0 amide bonds. The lowest BCUT2D eigenvalue weighted by Gasteiger charge is -2.37. The largest absolute Gasteiger partial charge is 0.422 e. The zero-order valence-electron chi connectivity index (χ0n) is 15.5. The molecule has 1 aromatic heterocycles. The summed E-state index contributed by atoms with van der Waals surface area (Å²) in [5.41, 5.74) is 7.10. The van der Waals surface area contributed by atoms with Gasteiger partial charge in [-0.1, -0.05) is 24.3 Å². The van der Waals surface area contributed by atoms with Crippen LogP contribution < -0.4 is 10.5 Å². The number of nitrogens with zero attached hydrogens (tertiary/aromatic N) is 1. The molecule has 2 aliphatic heterocycles. The highest BCUT2D eigenvalue weighted by Gasteiger charge is 2.27. The minimum Gasteiger partial charge on any atom is -0.422 e. The third kappa shape index (κ3) is 2.67. The smallest absolute Gasteiger partial charge is 0.336 e. The molecule has 4 heteroatoms. The molecule has 0 spiro atoms. The lowest BCUT2D eigenvalue weighted by Crippen LogP contribution is -2.34. The first-order valence-electron chi connectivity index (χ1n) is 9.78. The zero-order chi connectivity index (χ0) is 18.5. The Bertz CT molecular complexity index is 1080. The normalized spacial score (nSPS) is 17.0. The summed E-state index contributed by atoms with van der Waals surface area (Å²) in [6.07, 6.45) is 3.81. The van der Waals surface area contributed by atoms with E-state index in [1.165, 1.54) is 23.2 Å². The predicted octanol–water partition coefficient (Wildman–Crippen LogP) is 4.21. The van der Waals surface area contributed by atoms with Crippen molar-refractivity contribution in [3.8, 4) is 11.1 Å². The van der Waals surface area contributed by atoms with Gasteiger partial charge in [0.25, 0.3) is 0 Å². The van der Waals surface area contributed by atoms with E-state index in [9.17, 15) is 9.90 Å². The van der Waals surface area contributed by atoms with Gasteiger partial charge in [0.15, 0.2) is 0 Å². The highest BCUT2D eigenvalue weighted by molar-refractivity contribution is 5.98. The summed E-state index contributed by atoms with van der Waals surface area (Å²) < 4.78 is 5.73. The highest BCUT2D eigenvalue weighted by Crippen LogP contribution is 2.42. The lowest BCUT2D eigenvalue weighted by atomic mass is 9.88. The van der Waals surface area contributed by atoms with Gasteiger partial charge in [-0.3, -0.25) is 0 Å². The average Bonchev–Trinajstić information content (AvgIpc) is 2.68. The number of fused-ring (bicyclic) bond motifs is 2. The van der Waals surface area contributed by atoms with Crippen molar-refractivity contribution in [2.24, 2.45) is 0 Å². The molecule has 1 unspecified atom stereocenters. The molecule has 0 bridgehead atoms. The Balaban J connectivity index is 1.77. The van der Waals surface area contributed by atoms with Gasteiger partial charge in [0.1, 0.15) is 5.58 Å². The molecule has 0 saturated heterocycles. The Hall–Kier alpha value is -2.59. The van der Waals surface area contributed by atoms with Crippen LogP contribution in [-0.2, 0) is 12.8 Å². The van der Waals surface area contributed by atoms with Crippen molar-refractivity contribution in [1.29, 1.82) is 0 Å². The summed E-state index contributed by atoms with van der Waals surface area (Å²) >= 11 is 0. The van der Waals surface area contributed by atoms with Crippen molar-refractivity contribution in [1.82, 2.24) is 0 Å². The molecule has 3 aromatic rings. The van der Waals surface area contributed by atoms with E-state index in [2.05, 4.69) is 11.0 Å². The third-order valence-electron chi connectivity index (χ3n) is 5.93. The second kappa shape index (κ2) is 6.24. The maximum atomic E-state index is 12.4. The van der Waals surface area contributed by atoms with Gasteiger partial charge in [-0.25, -0.2) is 4.79 Å². The van der Waals surface area contributed by atoms with E-state index in [-0.39, 0.29) is 5.63 Å². The van der Waals surface area contributed by atoms with Crippen LogP contribution in [0.4, 0.5) is 5.69 Å². The van der Waals surface area contributed by atoms with E-state index in [0.717, 1.165) is 60.0 Å². The summed E-state index contributed by atoms with van der Waals surface area (Å²) in [5, 5.41) is 10.8. The molecule has 2 aliphatic rings. The van der Waals surface area contributed by atoms with E-state index in [0.29, 0.717) is 0 Å². The van der Waals surface area contributed by atoms with Crippen molar-refractivity contribution in [2.75, 3.05) is 18.0 Å². The number of rotatable bonds is 2. The molecule has 0 saturated carbocycles. The third-order valence-corrected chi connectivity index (χ3v) is 5.93. The maximum absolute atomic E-state index is 12.4. The Morgan fingerprint density at radius 3 is 2.56 bits per heavy atom. The van der Waals surface area contributed by atoms with Crippen molar-refractivity contribution in [3.05, 3.63) is 63.5 Å². The Morgan fingerprint density at radius 2 is 1.81 bits per heavy atom. The fourth-order valence-corrected chi connectivity index (χ4v) is 4.65. The second-order valence-corrected chi connectivity index (χ2v) is 7.71.